The fourth-order valence-corrected chi connectivity index (χ4v) is 3.60. The van der Waals surface area contributed by atoms with Crippen LogP contribution in [-0.4, -0.2) is 38.4 Å². The normalized spacial score (nSPS) is 14.0. The summed E-state index contributed by atoms with van der Waals surface area (Å²) in [6.45, 7) is 8.90. The summed E-state index contributed by atoms with van der Waals surface area (Å²) in [5, 5.41) is 13.2. The van der Waals surface area contributed by atoms with Crippen molar-refractivity contribution in [2.75, 3.05) is 5.32 Å². The highest BCUT2D eigenvalue weighted by atomic mass is 32.1. The maximum absolute atomic E-state index is 12.7. The third-order valence-electron chi connectivity index (χ3n) is 4.62. The molecule has 0 radical (unpaired) electrons. The standard InChI is InChI=1S/C20H18N6O3S/c1-10-11(2)21-20(23-19(10)28)26-17(9-15(24-26)16-6-5-7-30-16)22-18(27)8-14-12(3)25-29-13(14)4/h5-7,9H,1,8H2,2-4H3,(H,22,27). The Morgan fingerprint density at radius 2 is 2.10 bits per heavy atom. The van der Waals surface area contributed by atoms with Gasteiger partial charge in [0.25, 0.3) is 11.9 Å². The SMILES string of the molecule is C=C1C(=O)N=C(n2nc(-c3cccs3)cc2NC(=O)Cc2c(C)noc2C)N=C1C. The third-order valence-corrected chi connectivity index (χ3v) is 5.51. The van der Waals surface area contributed by atoms with E-state index >= 15 is 0 Å². The second-order valence-electron chi connectivity index (χ2n) is 6.72. The first-order chi connectivity index (χ1) is 14.3. The van der Waals surface area contributed by atoms with Crippen molar-refractivity contribution in [1.29, 1.82) is 0 Å². The Morgan fingerprint density at radius 1 is 1.30 bits per heavy atom. The van der Waals surface area contributed by atoms with Crippen molar-refractivity contribution in [3.8, 4) is 10.6 Å². The van der Waals surface area contributed by atoms with Crippen LogP contribution < -0.4 is 5.32 Å². The summed E-state index contributed by atoms with van der Waals surface area (Å²) in [6, 6.07) is 5.54. The summed E-state index contributed by atoms with van der Waals surface area (Å²) < 4.78 is 6.48. The van der Waals surface area contributed by atoms with Crippen molar-refractivity contribution < 1.29 is 14.1 Å². The minimum atomic E-state index is -0.487. The lowest BCUT2D eigenvalue weighted by atomic mass is 10.1. The number of hydrogen-bond donors (Lipinski definition) is 1. The van der Waals surface area contributed by atoms with E-state index in [1.54, 1.807) is 26.8 Å². The summed E-state index contributed by atoms with van der Waals surface area (Å²) in [4.78, 5) is 34.1. The lowest BCUT2D eigenvalue weighted by molar-refractivity contribution is -0.115. The molecule has 0 aromatic carbocycles. The maximum Gasteiger partial charge on any atom is 0.281 e. The molecule has 0 saturated heterocycles. The van der Waals surface area contributed by atoms with Crippen molar-refractivity contribution in [3.05, 3.63) is 52.7 Å². The molecule has 0 spiro atoms. The Kier molecular flexibility index (Phi) is 5.00. The van der Waals surface area contributed by atoms with Gasteiger partial charge in [-0.15, -0.1) is 11.3 Å². The molecule has 4 rings (SSSR count). The number of anilines is 1. The predicted molar refractivity (Wildman–Crippen MR) is 114 cm³/mol. The quantitative estimate of drug-likeness (QED) is 0.649. The molecule has 1 aliphatic heterocycles. The topological polar surface area (TPSA) is 115 Å². The maximum atomic E-state index is 12.7. The van der Waals surface area contributed by atoms with Crippen LogP contribution in [0.4, 0.5) is 5.82 Å². The van der Waals surface area contributed by atoms with Gasteiger partial charge in [-0.1, -0.05) is 17.8 Å². The van der Waals surface area contributed by atoms with Crippen LogP contribution in [0.25, 0.3) is 10.6 Å². The van der Waals surface area contributed by atoms with E-state index in [0.29, 0.717) is 28.7 Å². The van der Waals surface area contributed by atoms with E-state index in [-0.39, 0.29) is 23.9 Å². The molecule has 30 heavy (non-hydrogen) atoms. The number of carbonyl (C=O) groups excluding carboxylic acids is 2. The molecule has 1 N–H and O–H groups in total. The summed E-state index contributed by atoms with van der Waals surface area (Å²) in [5.41, 5.74) is 2.70. The molecule has 4 heterocycles. The zero-order chi connectivity index (χ0) is 21.4. The molecule has 0 unspecified atom stereocenters. The van der Waals surface area contributed by atoms with Crippen LogP contribution in [0, 0.1) is 13.8 Å². The highest BCUT2D eigenvalue weighted by molar-refractivity contribution is 7.13. The number of nitrogens with zero attached hydrogens (tertiary/aromatic N) is 5. The molecule has 0 saturated carbocycles. The van der Waals surface area contributed by atoms with Crippen LogP contribution in [0.3, 0.4) is 0 Å². The Morgan fingerprint density at radius 3 is 2.73 bits per heavy atom. The molecule has 3 aromatic rings. The summed E-state index contributed by atoms with van der Waals surface area (Å²) in [7, 11) is 0. The first-order valence-electron chi connectivity index (χ1n) is 9.07. The van der Waals surface area contributed by atoms with Gasteiger partial charge in [0.2, 0.25) is 5.91 Å². The molecule has 0 aliphatic carbocycles. The number of thiophene rings is 1. The number of aryl methyl sites for hydroxylation is 2. The Balaban J connectivity index is 1.70. The Bertz CT molecular complexity index is 1210. The van der Waals surface area contributed by atoms with E-state index in [1.807, 2.05) is 17.5 Å². The van der Waals surface area contributed by atoms with Crippen molar-refractivity contribution in [1.82, 2.24) is 14.9 Å². The van der Waals surface area contributed by atoms with Gasteiger partial charge in [0, 0.05) is 11.6 Å². The summed E-state index contributed by atoms with van der Waals surface area (Å²) in [6.07, 6.45) is 0.0885. The van der Waals surface area contributed by atoms with Crippen LogP contribution >= 0.6 is 11.3 Å². The van der Waals surface area contributed by atoms with E-state index < -0.39 is 5.91 Å². The van der Waals surface area contributed by atoms with Gasteiger partial charge >= 0.3 is 0 Å². The van der Waals surface area contributed by atoms with E-state index in [4.69, 9.17) is 4.52 Å². The van der Waals surface area contributed by atoms with Crippen LogP contribution in [-0.2, 0) is 16.0 Å². The fraction of sp³-hybridized carbons (Fsp3) is 0.200. The second-order valence-corrected chi connectivity index (χ2v) is 7.67. The second kappa shape index (κ2) is 7.64. The van der Waals surface area contributed by atoms with Crippen LogP contribution in [0.15, 0.2) is 50.2 Å². The largest absolute Gasteiger partial charge is 0.361 e. The van der Waals surface area contributed by atoms with Crippen LogP contribution in [0.2, 0.25) is 0 Å². The zero-order valence-electron chi connectivity index (χ0n) is 16.6. The average Bonchev–Trinajstić information content (AvgIpc) is 3.43. The van der Waals surface area contributed by atoms with Gasteiger partial charge in [0.15, 0.2) is 0 Å². The molecule has 0 fully saturated rings. The van der Waals surface area contributed by atoms with Gasteiger partial charge in [0.05, 0.1) is 28.3 Å². The van der Waals surface area contributed by atoms with Gasteiger partial charge in [-0.25, -0.2) is 4.99 Å². The van der Waals surface area contributed by atoms with E-state index in [2.05, 4.69) is 32.1 Å². The van der Waals surface area contributed by atoms with Gasteiger partial charge in [0.1, 0.15) is 17.3 Å². The number of hydrogen-bond acceptors (Lipinski definition) is 7. The molecular formula is C20H18N6O3S. The fourth-order valence-electron chi connectivity index (χ4n) is 2.92. The third kappa shape index (κ3) is 3.64. The zero-order valence-corrected chi connectivity index (χ0v) is 17.4. The van der Waals surface area contributed by atoms with E-state index in [9.17, 15) is 9.59 Å². The number of aromatic nitrogens is 3. The number of amides is 2. The Labute approximate surface area is 175 Å². The lowest BCUT2D eigenvalue weighted by Crippen LogP contribution is -2.25. The van der Waals surface area contributed by atoms with Crippen molar-refractivity contribution in [3.63, 3.8) is 0 Å². The molecule has 1 aliphatic rings. The Hall–Kier alpha value is -3.66. The van der Waals surface area contributed by atoms with Gasteiger partial charge in [-0.2, -0.15) is 14.8 Å². The molecule has 0 atom stereocenters. The molecule has 152 valence electrons. The molecular weight excluding hydrogens is 404 g/mol. The van der Waals surface area contributed by atoms with Crippen LogP contribution in [0.5, 0.6) is 0 Å². The summed E-state index contributed by atoms with van der Waals surface area (Å²) >= 11 is 1.51. The molecule has 3 aromatic heterocycles. The number of aliphatic imine (C=N–C) groups is 2. The van der Waals surface area contributed by atoms with Gasteiger partial charge in [-0.05, 0) is 32.2 Å². The monoisotopic (exact) mass is 422 g/mol. The molecule has 9 nitrogen and oxygen atoms in total. The first-order valence-corrected chi connectivity index (χ1v) is 9.95. The van der Waals surface area contributed by atoms with E-state index in [0.717, 1.165) is 10.4 Å². The van der Waals surface area contributed by atoms with Crippen molar-refractivity contribution >= 4 is 40.6 Å². The predicted octanol–water partition coefficient (Wildman–Crippen LogP) is 3.16. The molecule has 0 bridgehead atoms. The van der Waals surface area contributed by atoms with Gasteiger partial charge < -0.3 is 9.84 Å². The highest BCUT2D eigenvalue weighted by Gasteiger charge is 2.23. The summed E-state index contributed by atoms with van der Waals surface area (Å²) in [5.74, 6) is 0.248. The molecule has 10 heteroatoms. The van der Waals surface area contributed by atoms with Crippen molar-refractivity contribution in [2.24, 2.45) is 9.98 Å². The minimum absolute atomic E-state index is 0.0698. The van der Waals surface area contributed by atoms with E-state index in [1.165, 1.54) is 16.0 Å². The first kappa shape index (κ1) is 19.6. The van der Waals surface area contributed by atoms with Crippen LogP contribution in [0.1, 0.15) is 23.9 Å². The smallest absolute Gasteiger partial charge is 0.281 e. The molecule has 2 amide bonds. The number of nitrogens with one attached hydrogen (secondary N) is 1. The average molecular weight is 422 g/mol. The number of rotatable bonds is 4. The number of carbonyl (C=O) groups is 2. The van der Waals surface area contributed by atoms with Gasteiger partial charge in [-0.3, -0.25) is 9.59 Å². The van der Waals surface area contributed by atoms with Crippen molar-refractivity contribution in [2.45, 2.75) is 27.2 Å². The lowest BCUT2D eigenvalue weighted by Gasteiger charge is -2.12. The highest BCUT2D eigenvalue weighted by Crippen LogP contribution is 2.27. The minimum Gasteiger partial charge on any atom is -0.361 e.